The molecule has 0 spiro atoms. The number of nitrogens with zero attached hydrogens (tertiary/aromatic N) is 2. The maximum absolute atomic E-state index is 10.9. The van der Waals surface area contributed by atoms with Crippen LogP contribution in [0.3, 0.4) is 0 Å². The van der Waals surface area contributed by atoms with Crippen LogP contribution in [0.25, 0.3) is 0 Å². The van der Waals surface area contributed by atoms with Crippen LogP contribution in [0.2, 0.25) is 0 Å². The molecule has 1 rings (SSSR count). The van der Waals surface area contributed by atoms with Gasteiger partial charge in [0, 0.05) is 25.4 Å². The molecule has 0 aliphatic carbocycles. The topological polar surface area (TPSA) is 42.4 Å². The van der Waals surface area contributed by atoms with Crippen LogP contribution in [-0.4, -0.2) is 36.6 Å². The molecule has 0 amide bonds. The van der Waals surface area contributed by atoms with Crippen molar-refractivity contribution in [3.8, 4) is 0 Å². The number of carbonyl (C=O) groups is 1. The van der Waals surface area contributed by atoms with Gasteiger partial charge in [0.05, 0.1) is 7.11 Å². The van der Waals surface area contributed by atoms with E-state index >= 15 is 0 Å². The summed E-state index contributed by atoms with van der Waals surface area (Å²) in [6.07, 6.45) is 4.93. The van der Waals surface area contributed by atoms with Crippen molar-refractivity contribution < 1.29 is 9.53 Å². The summed E-state index contributed by atoms with van der Waals surface area (Å²) in [7, 11) is 3.45. The standard InChI is InChI=1S/C12H18N2O2/c1-14(8-4-6-12(15)16-2)10-11-5-3-7-13-9-11/h3,5,7,9H,4,6,8,10H2,1-2H3. The summed E-state index contributed by atoms with van der Waals surface area (Å²) >= 11 is 0. The zero-order valence-corrected chi connectivity index (χ0v) is 9.85. The average Bonchev–Trinajstić information content (AvgIpc) is 2.30. The van der Waals surface area contributed by atoms with Gasteiger partial charge in [-0.2, -0.15) is 0 Å². The molecule has 16 heavy (non-hydrogen) atoms. The number of pyridine rings is 1. The number of hydrogen-bond donors (Lipinski definition) is 0. The fraction of sp³-hybridized carbons (Fsp3) is 0.500. The third kappa shape index (κ3) is 4.89. The molecule has 0 fully saturated rings. The van der Waals surface area contributed by atoms with Crippen molar-refractivity contribution in [3.05, 3.63) is 30.1 Å². The van der Waals surface area contributed by atoms with Gasteiger partial charge in [0.25, 0.3) is 0 Å². The van der Waals surface area contributed by atoms with E-state index in [1.165, 1.54) is 12.7 Å². The van der Waals surface area contributed by atoms with Crippen LogP contribution in [-0.2, 0) is 16.1 Å². The van der Waals surface area contributed by atoms with Crippen molar-refractivity contribution in [1.29, 1.82) is 0 Å². The van der Waals surface area contributed by atoms with E-state index in [2.05, 4.69) is 14.6 Å². The molecule has 1 aromatic rings. The highest BCUT2D eigenvalue weighted by atomic mass is 16.5. The van der Waals surface area contributed by atoms with E-state index in [1.54, 1.807) is 6.20 Å². The van der Waals surface area contributed by atoms with E-state index in [1.807, 2.05) is 25.4 Å². The lowest BCUT2D eigenvalue weighted by molar-refractivity contribution is -0.140. The second kappa shape index (κ2) is 6.95. The van der Waals surface area contributed by atoms with Crippen molar-refractivity contribution in [3.63, 3.8) is 0 Å². The molecule has 0 aliphatic rings. The highest BCUT2D eigenvalue weighted by Gasteiger charge is 2.03. The summed E-state index contributed by atoms with van der Waals surface area (Å²) in [6.45, 7) is 1.74. The summed E-state index contributed by atoms with van der Waals surface area (Å²) < 4.78 is 4.58. The van der Waals surface area contributed by atoms with Crippen LogP contribution in [0.4, 0.5) is 0 Å². The molecule has 0 bridgehead atoms. The van der Waals surface area contributed by atoms with Gasteiger partial charge in [-0.25, -0.2) is 0 Å². The molecule has 4 nitrogen and oxygen atoms in total. The number of aromatic nitrogens is 1. The fourth-order valence-corrected chi connectivity index (χ4v) is 1.48. The van der Waals surface area contributed by atoms with Crippen molar-refractivity contribution in [2.24, 2.45) is 0 Å². The fourth-order valence-electron chi connectivity index (χ4n) is 1.48. The molecule has 0 unspecified atom stereocenters. The summed E-state index contributed by atoms with van der Waals surface area (Å²) in [5.41, 5.74) is 1.18. The van der Waals surface area contributed by atoms with Crippen LogP contribution >= 0.6 is 0 Å². The first-order valence-corrected chi connectivity index (χ1v) is 5.36. The van der Waals surface area contributed by atoms with E-state index in [4.69, 9.17) is 0 Å². The molecule has 0 radical (unpaired) electrons. The third-order valence-electron chi connectivity index (χ3n) is 2.32. The Morgan fingerprint density at radius 1 is 1.56 bits per heavy atom. The Morgan fingerprint density at radius 3 is 3.00 bits per heavy atom. The minimum absolute atomic E-state index is 0.144. The van der Waals surface area contributed by atoms with E-state index < -0.39 is 0 Å². The zero-order chi connectivity index (χ0) is 11.8. The third-order valence-corrected chi connectivity index (χ3v) is 2.32. The van der Waals surface area contributed by atoms with Crippen molar-refractivity contribution in [1.82, 2.24) is 9.88 Å². The number of ether oxygens (including phenoxy) is 1. The maximum Gasteiger partial charge on any atom is 0.305 e. The van der Waals surface area contributed by atoms with Crippen LogP contribution in [0.15, 0.2) is 24.5 Å². The molecule has 88 valence electrons. The van der Waals surface area contributed by atoms with Crippen LogP contribution < -0.4 is 0 Å². The van der Waals surface area contributed by atoms with Crippen molar-refractivity contribution in [2.75, 3.05) is 20.7 Å². The number of hydrogen-bond acceptors (Lipinski definition) is 4. The Bertz CT molecular complexity index is 314. The molecule has 4 heteroatoms. The minimum atomic E-state index is -0.144. The molecule has 0 atom stereocenters. The largest absolute Gasteiger partial charge is 0.469 e. The van der Waals surface area contributed by atoms with E-state index in [0.29, 0.717) is 6.42 Å². The molecule has 1 heterocycles. The molecule has 0 saturated heterocycles. The minimum Gasteiger partial charge on any atom is -0.469 e. The van der Waals surface area contributed by atoms with Gasteiger partial charge in [-0.3, -0.25) is 9.78 Å². The predicted octanol–water partition coefficient (Wildman–Crippen LogP) is 1.47. The highest BCUT2D eigenvalue weighted by molar-refractivity contribution is 5.69. The number of methoxy groups -OCH3 is 1. The van der Waals surface area contributed by atoms with Crippen LogP contribution in [0.1, 0.15) is 18.4 Å². The Balaban J connectivity index is 2.21. The summed E-state index contributed by atoms with van der Waals surface area (Å²) in [6, 6.07) is 3.97. The molecular weight excluding hydrogens is 204 g/mol. The molecule has 0 N–H and O–H groups in total. The van der Waals surface area contributed by atoms with Gasteiger partial charge < -0.3 is 9.64 Å². The first kappa shape index (κ1) is 12.6. The van der Waals surface area contributed by atoms with Crippen LogP contribution in [0, 0.1) is 0 Å². The molecule has 1 aromatic heterocycles. The maximum atomic E-state index is 10.9. The van der Waals surface area contributed by atoms with Gasteiger partial charge in [0.2, 0.25) is 0 Å². The Morgan fingerprint density at radius 2 is 2.38 bits per heavy atom. The predicted molar refractivity (Wildman–Crippen MR) is 61.8 cm³/mol. The van der Waals surface area contributed by atoms with Gasteiger partial charge in [0.1, 0.15) is 0 Å². The average molecular weight is 222 g/mol. The first-order chi connectivity index (χ1) is 7.72. The number of carbonyl (C=O) groups excluding carboxylic acids is 1. The quantitative estimate of drug-likeness (QED) is 0.683. The van der Waals surface area contributed by atoms with Gasteiger partial charge in [-0.1, -0.05) is 6.07 Å². The number of esters is 1. The Hall–Kier alpha value is -1.42. The molecule has 0 aliphatic heterocycles. The van der Waals surface area contributed by atoms with E-state index in [9.17, 15) is 4.79 Å². The zero-order valence-electron chi connectivity index (χ0n) is 9.85. The van der Waals surface area contributed by atoms with Crippen LogP contribution in [0.5, 0.6) is 0 Å². The Labute approximate surface area is 96.2 Å². The second-order valence-corrected chi connectivity index (χ2v) is 3.78. The SMILES string of the molecule is COC(=O)CCCN(C)Cc1cccnc1. The second-order valence-electron chi connectivity index (χ2n) is 3.78. The lowest BCUT2D eigenvalue weighted by Gasteiger charge is -2.15. The van der Waals surface area contributed by atoms with Gasteiger partial charge in [0.15, 0.2) is 0 Å². The molecular formula is C12H18N2O2. The summed E-state index contributed by atoms with van der Waals surface area (Å²) in [5, 5.41) is 0. The Kier molecular flexibility index (Phi) is 5.50. The van der Waals surface area contributed by atoms with Crippen molar-refractivity contribution in [2.45, 2.75) is 19.4 Å². The summed E-state index contributed by atoms with van der Waals surface area (Å²) in [5.74, 6) is -0.144. The van der Waals surface area contributed by atoms with E-state index in [-0.39, 0.29) is 5.97 Å². The lowest BCUT2D eigenvalue weighted by atomic mass is 10.2. The smallest absolute Gasteiger partial charge is 0.305 e. The van der Waals surface area contributed by atoms with Gasteiger partial charge in [-0.05, 0) is 31.6 Å². The first-order valence-electron chi connectivity index (χ1n) is 5.36. The normalized spacial score (nSPS) is 10.4. The van der Waals surface area contributed by atoms with Gasteiger partial charge >= 0.3 is 5.97 Å². The van der Waals surface area contributed by atoms with Gasteiger partial charge in [-0.15, -0.1) is 0 Å². The monoisotopic (exact) mass is 222 g/mol. The lowest BCUT2D eigenvalue weighted by Crippen LogP contribution is -2.20. The number of rotatable bonds is 6. The highest BCUT2D eigenvalue weighted by Crippen LogP contribution is 2.02. The molecule has 0 saturated carbocycles. The van der Waals surface area contributed by atoms with Crippen molar-refractivity contribution >= 4 is 5.97 Å². The molecule has 0 aromatic carbocycles. The summed E-state index contributed by atoms with van der Waals surface area (Å²) in [4.78, 5) is 17.1. The van der Waals surface area contributed by atoms with E-state index in [0.717, 1.165) is 19.5 Å².